The number of furan rings is 2. The molecule has 0 fully saturated rings. The van der Waals surface area contributed by atoms with Gasteiger partial charge in [-0.15, -0.1) is 0 Å². The van der Waals surface area contributed by atoms with Crippen molar-refractivity contribution >= 4 is 43.9 Å². The highest BCUT2D eigenvalue weighted by Crippen LogP contribution is 2.43. The second-order valence-electron chi connectivity index (χ2n) is 14.1. The van der Waals surface area contributed by atoms with Gasteiger partial charge in [0.15, 0.2) is 5.82 Å². The number of nitrogens with zero attached hydrogens (tertiary/aromatic N) is 2. The van der Waals surface area contributed by atoms with Crippen LogP contribution in [0.25, 0.3) is 111 Å². The van der Waals surface area contributed by atoms with Crippen molar-refractivity contribution in [2.24, 2.45) is 0 Å². The first kappa shape index (κ1) is 31.9. The Labute approximate surface area is 323 Å². The van der Waals surface area contributed by atoms with Gasteiger partial charge in [-0.3, -0.25) is 0 Å². The minimum Gasteiger partial charge on any atom is -0.456 e. The fourth-order valence-corrected chi connectivity index (χ4v) is 7.98. The third-order valence-corrected chi connectivity index (χ3v) is 10.7. The van der Waals surface area contributed by atoms with Gasteiger partial charge in [0, 0.05) is 32.7 Å². The third-order valence-electron chi connectivity index (χ3n) is 10.7. The summed E-state index contributed by atoms with van der Waals surface area (Å²) in [6.45, 7) is 0. The van der Waals surface area contributed by atoms with Gasteiger partial charge in [-0.25, -0.2) is 9.97 Å². The number of hydrogen-bond acceptors (Lipinski definition) is 4. The summed E-state index contributed by atoms with van der Waals surface area (Å²) >= 11 is 0. The van der Waals surface area contributed by atoms with E-state index < -0.39 is 0 Å². The maximum Gasteiger partial charge on any atom is 0.164 e. The fraction of sp³-hybridized carbons (Fsp3) is 0. The van der Waals surface area contributed by atoms with Crippen LogP contribution < -0.4 is 0 Å². The number of fused-ring (bicyclic) bond motifs is 6. The van der Waals surface area contributed by atoms with Crippen LogP contribution in [0.3, 0.4) is 0 Å². The molecule has 0 amide bonds. The SMILES string of the molecule is c1ccc(-c2cc(-c3ccccc3)cc(-c3cc(-c4ccccc4)nc(-c4ccc(-c5ccc6oc7ccccc7c6c5)c5c4oc4ccccc45)n3)c2)cc1. The zero-order valence-electron chi connectivity index (χ0n) is 30.2. The zero-order chi connectivity index (χ0) is 37.0. The van der Waals surface area contributed by atoms with Crippen molar-refractivity contribution in [3.63, 3.8) is 0 Å². The van der Waals surface area contributed by atoms with Gasteiger partial charge in [-0.1, -0.05) is 140 Å². The topological polar surface area (TPSA) is 52.1 Å². The molecule has 8 aromatic carbocycles. The predicted octanol–water partition coefficient (Wildman–Crippen LogP) is 14.3. The molecule has 0 saturated carbocycles. The normalized spacial score (nSPS) is 11.6. The molecule has 3 heterocycles. The Kier molecular flexibility index (Phi) is 7.46. The number of rotatable bonds is 6. The molecule has 0 aliphatic heterocycles. The van der Waals surface area contributed by atoms with Gasteiger partial charge in [-0.2, -0.15) is 0 Å². The lowest BCUT2D eigenvalue weighted by Crippen LogP contribution is -1.97. The zero-order valence-corrected chi connectivity index (χ0v) is 30.2. The molecular weight excluding hydrogens is 685 g/mol. The second kappa shape index (κ2) is 13.1. The van der Waals surface area contributed by atoms with Gasteiger partial charge in [0.05, 0.1) is 17.0 Å². The molecule has 0 bridgehead atoms. The van der Waals surface area contributed by atoms with E-state index in [0.29, 0.717) is 5.82 Å². The lowest BCUT2D eigenvalue weighted by Gasteiger charge is -2.14. The molecule has 3 aromatic heterocycles. The van der Waals surface area contributed by atoms with E-state index in [2.05, 4.69) is 152 Å². The molecule has 0 unspecified atom stereocenters. The molecule has 262 valence electrons. The van der Waals surface area contributed by atoms with Crippen molar-refractivity contribution in [2.75, 3.05) is 0 Å². The van der Waals surface area contributed by atoms with E-state index >= 15 is 0 Å². The van der Waals surface area contributed by atoms with Gasteiger partial charge >= 0.3 is 0 Å². The molecule has 11 rings (SSSR count). The summed E-state index contributed by atoms with van der Waals surface area (Å²) in [6, 6.07) is 67.4. The van der Waals surface area contributed by atoms with Crippen molar-refractivity contribution in [3.05, 3.63) is 194 Å². The van der Waals surface area contributed by atoms with Crippen molar-refractivity contribution in [3.8, 4) is 67.3 Å². The highest BCUT2D eigenvalue weighted by atomic mass is 16.3. The van der Waals surface area contributed by atoms with Crippen LogP contribution in [-0.2, 0) is 0 Å². The Bertz CT molecular complexity index is 3180. The van der Waals surface area contributed by atoms with Crippen LogP contribution >= 0.6 is 0 Å². The van der Waals surface area contributed by atoms with E-state index in [-0.39, 0.29) is 0 Å². The van der Waals surface area contributed by atoms with Gasteiger partial charge in [-0.05, 0) is 88.0 Å². The Morgan fingerprint density at radius 1 is 0.304 bits per heavy atom. The molecule has 0 aliphatic rings. The van der Waals surface area contributed by atoms with Crippen molar-refractivity contribution < 1.29 is 8.83 Å². The molecule has 4 nitrogen and oxygen atoms in total. The number of para-hydroxylation sites is 2. The lowest BCUT2D eigenvalue weighted by molar-refractivity contribution is 0.669. The molecule has 4 heteroatoms. The Balaban J connectivity index is 1.15. The highest BCUT2D eigenvalue weighted by molar-refractivity contribution is 6.17. The summed E-state index contributed by atoms with van der Waals surface area (Å²) < 4.78 is 13.0. The number of benzene rings is 8. The molecule has 0 radical (unpaired) electrons. The van der Waals surface area contributed by atoms with Gasteiger partial charge in [0.25, 0.3) is 0 Å². The maximum atomic E-state index is 6.79. The highest BCUT2D eigenvalue weighted by Gasteiger charge is 2.21. The van der Waals surface area contributed by atoms with Crippen LogP contribution in [0.1, 0.15) is 0 Å². The summed E-state index contributed by atoms with van der Waals surface area (Å²) in [6.07, 6.45) is 0. The molecule has 0 N–H and O–H groups in total. The fourth-order valence-electron chi connectivity index (χ4n) is 7.98. The van der Waals surface area contributed by atoms with Crippen LogP contribution in [0.15, 0.2) is 203 Å². The monoisotopic (exact) mass is 716 g/mol. The van der Waals surface area contributed by atoms with Crippen molar-refractivity contribution in [1.82, 2.24) is 9.97 Å². The van der Waals surface area contributed by atoms with Crippen LogP contribution in [0.4, 0.5) is 0 Å². The number of aromatic nitrogens is 2. The molecule has 0 spiro atoms. The summed E-state index contributed by atoms with van der Waals surface area (Å²) in [4.78, 5) is 10.6. The molecule has 11 aromatic rings. The Morgan fingerprint density at radius 2 is 0.821 bits per heavy atom. The standard InChI is InChI=1S/C52H32N2O2/c1-4-14-33(15-5-1)37-28-38(34-16-6-2-7-17-34)30-39(29-37)46-32-45(35-18-8-3-9-19-35)53-52(54-46)43-26-25-40(50-42-21-11-13-23-48(42)56-51(43)50)36-24-27-49-44(31-36)41-20-10-12-22-47(41)55-49/h1-32H. The van der Waals surface area contributed by atoms with Crippen LogP contribution in [0, 0.1) is 0 Å². The van der Waals surface area contributed by atoms with E-state index in [1.165, 1.54) is 0 Å². The average Bonchev–Trinajstić information content (AvgIpc) is 3.85. The minimum atomic E-state index is 0.597. The molecular formula is C52H32N2O2. The minimum absolute atomic E-state index is 0.597. The molecule has 0 aliphatic carbocycles. The largest absolute Gasteiger partial charge is 0.456 e. The van der Waals surface area contributed by atoms with E-state index in [1.807, 2.05) is 42.5 Å². The van der Waals surface area contributed by atoms with Crippen LogP contribution in [0.5, 0.6) is 0 Å². The van der Waals surface area contributed by atoms with Crippen molar-refractivity contribution in [2.45, 2.75) is 0 Å². The Morgan fingerprint density at radius 3 is 1.50 bits per heavy atom. The van der Waals surface area contributed by atoms with Gasteiger partial charge in [0.2, 0.25) is 0 Å². The van der Waals surface area contributed by atoms with Crippen LogP contribution in [0.2, 0.25) is 0 Å². The van der Waals surface area contributed by atoms with Crippen molar-refractivity contribution in [1.29, 1.82) is 0 Å². The summed E-state index contributed by atoms with van der Waals surface area (Å²) in [5.74, 6) is 0.597. The molecule has 0 atom stereocenters. The first-order valence-electron chi connectivity index (χ1n) is 18.8. The molecule has 56 heavy (non-hydrogen) atoms. The summed E-state index contributed by atoms with van der Waals surface area (Å²) in [5.41, 5.74) is 14.5. The first-order chi connectivity index (χ1) is 27.7. The van der Waals surface area contributed by atoms with E-state index in [1.54, 1.807) is 0 Å². The summed E-state index contributed by atoms with van der Waals surface area (Å²) in [7, 11) is 0. The van der Waals surface area contributed by atoms with Gasteiger partial charge < -0.3 is 8.83 Å². The lowest BCUT2D eigenvalue weighted by atomic mass is 9.94. The predicted molar refractivity (Wildman–Crippen MR) is 229 cm³/mol. The Hall–Kier alpha value is -7.56. The maximum absolute atomic E-state index is 6.79. The van der Waals surface area contributed by atoms with Gasteiger partial charge in [0.1, 0.15) is 22.3 Å². The second-order valence-corrected chi connectivity index (χ2v) is 14.1. The van der Waals surface area contributed by atoms with E-state index in [4.69, 9.17) is 18.8 Å². The third kappa shape index (κ3) is 5.47. The first-order valence-corrected chi connectivity index (χ1v) is 18.8. The number of hydrogen-bond donors (Lipinski definition) is 0. The quantitative estimate of drug-likeness (QED) is 0.172. The average molecular weight is 717 g/mol. The van der Waals surface area contributed by atoms with E-state index in [9.17, 15) is 0 Å². The summed E-state index contributed by atoms with van der Waals surface area (Å²) in [5, 5.41) is 4.25. The van der Waals surface area contributed by atoms with Crippen LogP contribution in [-0.4, -0.2) is 9.97 Å². The van der Waals surface area contributed by atoms with E-state index in [0.717, 1.165) is 105 Å². The smallest absolute Gasteiger partial charge is 0.164 e. The molecule has 0 saturated heterocycles.